The summed E-state index contributed by atoms with van der Waals surface area (Å²) in [5, 5.41) is 9.93. The van der Waals surface area contributed by atoms with Gasteiger partial charge >= 0.3 is 0 Å². The number of aromatic nitrogens is 1. The SMILES string of the molecule is CCCCn1c(N2CCCC(C)C2)c(/C=C2/SC(=S)N(Cc3ccc4c(c3)OCO4)C2=O)c(C)c(C#N)c1=O. The molecule has 5 rings (SSSR count). The van der Waals surface area contributed by atoms with Crippen LogP contribution < -0.4 is 19.9 Å². The van der Waals surface area contributed by atoms with Crippen LogP contribution in [0.1, 0.15) is 61.8 Å². The minimum atomic E-state index is -0.260. The van der Waals surface area contributed by atoms with Crippen LogP contribution in [-0.4, -0.2) is 39.6 Å². The third-order valence-electron chi connectivity index (χ3n) is 7.46. The van der Waals surface area contributed by atoms with Gasteiger partial charge in [0.2, 0.25) is 6.79 Å². The summed E-state index contributed by atoms with van der Waals surface area (Å²) in [6.07, 6.45) is 5.75. The molecule has 2 fully saturated rings. The van der Waals surface area contributed by atoms with Gasteiger partial charge < -0.3 is 14.4 Å². The number of fused-ring (bicyclic) bond motifs is 1. The van der Waals surface area contributed by atoms with E-state index in [0.717, 1.165) is 55.7 Å². The topological polar surface area (TPSA) is 87.8 Å². The summed E-state index contributed by atoms with van der Waals surface area (Å²) in [5.41, 5.74) is 2.10. The van der Waals surface area contributed by atoms with Gasteiger partial charge in [-0.05, 0) is 61.4 Å². The Morgan fingerprint density at radius 1 is 1.26 bits per heavy atom. The van der Waals surface area contributed by atoms with Gasteiger partial charge in [-0.2, -0.15) is 5.26 Å². The number of thioether (sulfide) groups is 1. The molecule has 1 amide bonds. The van der Waals surface area contributed by atoms with Crippen LogP contribution in [0.4, 0.5) is 5.82 Å². The number of pyridine rings is 1. The number of unbranched alkanes of at least 4 members (excludes halogenated alkanes) is 1. The van der Waals surface area contributed by atoms with Crippen molar-refractivity contribution in [3.63, 3.8) is 0 Å². The van der Waals surface area contributed by atoms with Crippen molar-refractivity contribution >= 4 is 46.1 Å². The van der Waals surface area contributed by atoms with E-state index in [1.54, 1.807) is 16.4 Å². The van der Waals surface area contributed by atoms with E-state index >= 15 is 0 Å². The summed E-state index contributed by atoms with van der Waals surface area (Å²) in [4.78, 5) is 31.5. The lowest BCUT2D eigenvalue weighted by molar-refractivity contribution is -0.122. The molecule has 3 aliphatic rings. The van der Waals surface area contributed by atoms with Crippen LogP contribution in [0.15, 0.2) is 27.9 Å². The Balaban J connectivity index is 1.56. The molecule has 1 unspecified atom stereocenters. The average Bonchev–Trinajstić information content (AvgIpc) is 3.49. The Morgan fingerprint density at radius 2 is 2.05 bits per heavy atom. The first kappa shape index (κ1) is 27.3. The molecule has 2 saturated heterocycles. The molecule has 0 spiro atoms. The second-order valence-corrected chi connectivity index (χ2v) is 12.0. The molecule has 4 heterocycles. The average molecular weight is 565 g/mol. The van der Waals surface area contributed by atoms with E-state index in [1.165, 1.54) is 11.8 Å². The number of carbonyl (C=O) groups excluding carboxylic acids is 1. The number of nitriles is 1. The van der Waals surface area contributed by atoms with Crippen molar-refractivity contribution < 1.29 is 14.3 Å². The van der Waals surface area contributed by atoms with Crippen LogP contribution in [0, 0.1) is 24.2 Å². The largest absolute Gasteiger partial charge is 0.454 e. The summed E-state index contributed by atoms with van der Waals surface area (Å²) in [5.74, 6) is 2.44. The molecule has 8 nitrogen and oxygen atoms in total. The number of hydrogen-bond acceptors (Lipinski definition) is 8. The molecule has 39 heavy (non-hydrogen) atoms. The molecule has 0 radical (unpaired) electrons. The van der Waals surface area contributed by atoms with Gasteiger partial charge in [0.1, 0.15) is 21.8 Å². The monoisotopic (exact) mass is 564 g/mol. The van der Waals surface area contributed by atoms with E-state index in [9.17, 15) is 14.9 Å². The highest BCUT2D eigenvalue weighted by molar-refractivity contribution is 8.26. The Morgan fingerprint density at radius 3 is 2.79 bits per heavy atom. The quantitative estimate of drug-likeness (QED) is 0.335. The number of benzene rings is 1. The van der Waals surface area contributed by atoms with Crippen molar-refractivity contribution in [3.8, 4) is 17.6 Å². The molecule has 2 aromatic rings. The number of thiocarbonyl (C=S) groups is 1. The maximum atomic E-state index is 13.6. The molecule has 1 atom stereocenters. The normalized spacial score (nSPS) is 19.7. The number of rotatable bonds is 7. The van der Waals surface area contributed by atoms with E-state index in [-0.39, 0.29) is 23.8 Å². The fourth-order valence-corrected chi connectivity index (χ4v) is 6.62. The molecule has 0 N–H and O–H groups in total. The van der Waals surface area contributed by atoms with Crippen molar-refractivity contribution in [2.24, 2.45) is 5.92 Å². The van der Waals surface area contributed by atoms with Crippen molar-refractivity contribution in [2.75, 3.05) is 24.8 Å². The van der Waals surface area contributed by atoms with Crippen LogP contribution in [0.25, 0.3) is 6.08 Å². The first-order chi connectivity index (χ1) is 18.8. The zero-order valence-electron chi connectivity index (χ0n) is 22.5. The third-order valence-corrected chi connectivity index (χ3v) is 8.84. The summed E-state index contributed by atoms with van der Waals surface area (Å²) >= 11 is 6.87. The van der Waals surface area contributed by atoms with E-state index in [1.807, 2.05) is 24.3 Å². The second kappa shape index (κ2) is 11.4. The van der Waals surface area contributed by atoms with Gasteiger partial charge in [0.25, 0.3) is 11.5 Å². The minimum absolute atomic E-state index is 0.127. The van der Waals surface area contributed by atoms with Gasteiger partial charge in [-0.25, -0.2) is 0 Å². The van der Waals surface area contributed by atoms with Gasteiger partial charge in [0.05, 0.1) is 11.4 Å². The molecule has 0 aliphatic carbocycles. The molecule has 204 valence electrons. The van der Waals surface area contributed by atoms with E-state index in [2.05, 4.69) is 24.8 Å². The summed E-state index contributed by atoms with van der Waals surface area (Å²) < 4.78 is 13.1. The Bertz CT molecular complexity index is 1460. The maximum absolute atomic E-state index is 13.6. The highest BCUT2D eigenvalue weighted by atomic mass is 32.2. The van der Waals surface area contributed by atoms with Gasteiger partial charge in [0.15, 0.2) is 11.5 Å². The lowest BCUT2D eigenvalue weighted by Gasteiger charge is -2.36. The molecule has 0 bridgehead atoms. The number of nitrogens with zero attached hydrogens (tertiary/aromatic N) is 4. The number of carbonyl (C=O) groups is 1. The lowest BCUT2D eigenvalue weighted by Crippen LogP contribution is -2.40. The zero-order valence-corrected chi connectivity index (χ0v) is 24.1. The molecule has 1 aromatic heterocycles. The molecule has 0 saturated carbocycles. The smallest absolute Gasteiger partial charge is 0.270 e. The van der Waals surface area contributed by atoms with Crippen LogP contribution in [0.3, 0.4) is 0 Å². The van der Waals surface area contributed by atoms with Crippen molar-refractivity contribution in [1.29, 1.82) is 5.26 Å². The summed E-state index contributed by atoms with van der Waals surface area (Å²) in [6, 6.07) is 7.74. The van der Waals surface area contributed by atoms with Gasteiger partial charge in [-0.15, -0.1) is 0 Å². The summed E-state index contributed by atoms with van der Waals surface area (Å²) in [6.45, 7) is 8.78. The molecule has 3 aliphatic heterocycles. The molecular formula is C29H32N4O4S2. The van der Waals surface area contributed by atoms with E-state index in [4.69, 9.17) is 21.7 Å². The Kier molecular flexibility index (Phi) is 8.01. The predicted octanol–water partition coefficient (Wildman–Crippen LogP) is 5.19. The third kappa shape index (κ3) is 5.30. The molecule has 10 heteroatoms. The van der Waals surface area contributed by atoms with Crippen molar-refractivity contribution in [2.45, 2.75) is 59.5 Å². The lowest BCUT2D eigenvalue weighted by atomic mass is 9.98. The van der Waals surface area contributed by atoms with Gasteiger partial charge in [-0.3, -0.25) is 19.1 Å². The molecule has 1 aromatic carbocycles. The number of piperidine rings is 1. The Hall–Kier alpha value is -3.29. The highest BCUT2D eigenvalue weighted by Gasteiger charge is 2.34. The van der Waals surface area contributed by atoms with Gasteiger partial charge in [-0.1, -0.05) is 50.3 Å². The first-order valence-electron chi connectivity index (χ1n) is 13.4. The first-order valence-corrected chi connectivity index (χ1v) is 14.6. The summed E-state index contributed by atoms with van der Waals surface area (Å²) in [7, 11) is 0. The maximum Gasteiger partial charge on any atom is 0.270 e. The number of hydrogen-bond donors (Lipinski definition) is 0. The van der Waals surface area contributed by atoms with Crippen molar-refractivity contribution in [1.82, 2.24) is 9.47 Å². The molecular weight excluding hydrogens is 532 g/mol. The van der Waals surface area contributed by atoms with Crippen LogP contribution in [0.2, 0.25) is 0 Å². The van der Waals surface area contributed by atoms with Gasteiger partial charge in [0, 0.05) is 25.2 Å². The van der Waals surface area contributed by atoms with Crippen LogP contribution in [-0.2, 0) is 17.9 Å². The van der Waals surface area contributed by atoms with Crippen LogP contribution in [0.5, 0.6) is 11.5 Å². The fourth-order valence-electron chi connectivity index (χ4n) is 5.38. The highest BCUT2D eigenvalue weighted by Crippen LogP contribution is 2.38. The minimum Gasteiger partial charge on any atom is -0.454 e. The standard InChI is InChI=1S/C29H32N4O4S2/c1-4-5-11-32-26(31-10-6-7-18(2)15-31)21(19(3)22(14-30)27(32)34)13-25-28(35)33(29(38)39-25)16-20-8-9-23-24(12-20)37-17-36-23/h8-9,12-13,18H,4-7,10-11,15-17H2,1-3H3/b25-13+. The zero-order chi connectivity index (χ0) is 27.7. The van der Waals surface area contributed by atoms with E-state index < -0.39 is 0 Å². The van der Waals surface area contributed by atoms with Crippen LogP contribution >= 0.6 is 24.0 Å². The fraction of sp³-hybridized carbons (Fsp3) is 0.448. The van der Waals surface area contributed by atoms with E-state index in [0.29, 0.717) is 45.3 Å². The number of amides is 1. The predicted molar refractivity (Wildman–Crippen MR) is 157 cm³/mol. The van der Waals surface area contributed by atoms with Crippen molar-refractivity contribution in [3.05, 3.63) is 55.7 Å². The second-order valence-electron chi connectivity index (χ2n) is 10.3. The number of anilines is 1. The number of ether oxygens (including phenoxy) is 2. The Labute approximate surface area is 238 Å².